The molecule has 23 heavy (non-hydrogen) atoms. The standard InChI is InChI=1S/C18H21N5/c1-3-4-11-20-17-16-15(21-18(19-2)22-17)10-12-23(16)13-14-8-6-5-7-9-14/h5-10,12H,2-4,11,13H2,1H3,(H,20,21,22). The van der Waals surface area contributed by atoms with Crippen LogP contribution in [0.25, 0.3) is 11.0 Å². The summed E-state index contributed by atoms with van der Waals surface area (Å²) >= 11 is 0. The van der Waals surface area contributed by atoms with E-state index in [0.717, 1.165) is 42.8 Å². The first kappa shape index (κ1) is 15.2. The Kier molecular flexibility index (Phi) is 4.66. The predicted octanol–water partition coefficient (Wildman–Crippen LogP) is 4.02. The largest absolute Gasteiger partial charge is 0.368 e. The number of hydrogen-bond acceptors (Lipinski definition) is 4. The molecule has 0 saturated heterocycles. The third-order valence-corrected chi connectivity index (χ3v) is 3.76. The van der Waals surface area contributed by atoms with Gasteiger partial charge in [0.15, 0.2) is 5.82 Å². The molecule has 0 aliphatic carbocycles. The number of nitrogens with one attached hydrogen (secondary N) is 1. The molecule has 118 valence electrons. The second-order valence-corrected chi connectivity index (χ2v) is 5.47. The van der Waals surface area contributed by atoms with Gasteiger partial charge in [-0.25, -0.2) is 9.98 Å². The number of benzene rings is 1. The molecule has 0 radical (unpaired) electrons. The summed E-state index contributed by atoms with van der Waals surface area (Å²) in [5.74, 6) is 1.24. The molecule has 0 amide bonds. The molecule has 2 heterocycles. The van der Waals surface area contributed by atoms with Crippen molar-refractivity contribution in [3.8, 4) is 0 Å². The highest BCUT2D eigenvalue weighted by Gasteiger charge is 2.12. The summed E-state index contributed by atoms with van der Waals surface area (Å²) in [6.07, 6.45) is 4.28. The molecule has 5 heteroatoms. The summed E-state index contributed by atoms with van der Waals surface area (Å²) < 4.78 is 2.17. The van der Waals surface area contributed by atoms with Crippen molar-refractivity contribution in [2.45, 2.75) is 26.3 Å². The molecule has 0 atom stereocenters. The van der Waals surface area contributed by atoms with Crippen LogP contribution in [0.5, 0.6) is 0 Å². The maximum Gasteiger partial charge on any atom is 0.251 e. The second kappa shape index (κ2) is 7.05. The summed E-state index contributed by atoms with van der Waals surface area (Å²) in [4.78, 5) is 12.8. The van der Waals surface area contributed by atoms with Crippen LogP contribution in [0.15, 0.2) is 47.6 Å². The smallest absolute Gasteiger partial charge is 0.251 e. The zero-order valence-electron chi connectivity index (χ0n) is 13.4. The fourth-order valence-electron chi connectivity index (χ4n) is 2.58. The van der Waals surface area contributed by atoms with Crippen LogP contribution in [0.4, 0.5) is 11.8 Å². The van der Waals surface area contributed by atoms with E-state index < -0.39 is 0 Å². The Bertz CT molecular complexity index is 792. The van der Waals surface area contributed by atoms with E-state index in [1.165, 1.54) is 5.56 Å². The molecule has 0 spiro atoms. The van der Waals surface area contributed by atoms with E-state index in [9.17, 15) is 0 Å². The Hall–Kier alpha value is -2.69. The highest BCUT2D eigenvalue weighted by molar-refractivity contribution is 5.87. The highest BCUT2D eigenvalue weighted by Crippen LogP contribution is 2.25. The van der Waals surface area contributed by atoms with Crippen LogP contribution >= 0.6 is 0 Å². The average molecular weight is 307 g/mol. The summed E-state index contributed by atoms with van der Waals surface area (Å²) in [6.45, 7) is 7.39. The molecule has 3 aromatic rings. The van der Waals surface area contributed by atoms with Crippen LogP contribution in [-0.2, 0) is 6.54 Å². The van der Waals surface area contributed by atoms with Gasteiger partial charge in [0.1, 0.15) is 5.52 Å². The molecule has 0 aliphatic heterocycles. The Balaban J connectivity index is 2.00. The zero-order chi connectivity index (χ0) is 16.1. The number of nitrogens with zero attached hydrogens (tertiary/aromatic N) is 4. The van der Waals surface area contributed by atoms with Crippen LogP contribution in [0, 0.1) is 0 Å². The Morgan fingerprint density at radius 3 is 2.74 bits per heavy atom. The number of hydrogen-bond donors (Lipinski definition) is 1. The summed E-state index contributed by atoms with van der Waals surface area (Å²) in [6, 6.07) is 12.4. The predicted molar refractivity (Wildman–Crippen MR) is 95.7 cm³/mol. The number of unbranched alkanes of at least 4 members (excludes halogenated alkanes) is 1. The zero-order valence-corrected chi connectivity index (χ0v) is 13.4. The van der Waals surface area contributed by atoms with Gasteiger partial charge in [-0.1, -0.05) is 43.7 Å². The van der Waals surface area contributed by atoms with Crippen molar-refractivity contribution in [3.05, 3.63) is 48.2 Å². The van der Waals surface area contributed by atoms with Gasteiger partial charge >= 0.3 is 0 Å². The molecule has 2 aromatic heterocycles. The van der Waals surface area contributed by atoms with Gasteiger partial charge in [0.05, 0.1) is 5.52 Å². The lowest BCUT2D eigenvalue weighted by atomic mass is 10.2. The second-order valence-electron chi connectivity index (χ2n) is 5.47. The molecular formula is C18H21N5. The average Bonchev–Trinajstić information content (AvgIpc) is 2.99. The number of aliphatic imine (C=N–C) groups is 1. The van der Waals surface area contributed by atoms with Crippen molar-refractivity contribution in [1.82, 2.24) is 14.5 Å². The minimum atomic E-state index is 0.411. The Morgan fingerprint density at radius 2 is 2.00 bits per heavy atom. The van der Waals surface area contributed by atoms with Crippen molar-refractivity contribution < 1.29 is 0 Å². The third-order valence-electron chi connectivity index (χ3n) is 3.76. The maximum atomic E-state index is 4.49. The topological polar surface area (TPSA) is 55.1 Å². The van der Waals surface area contributed by atoms with Gasteiger partial charge in [-0.15, -0.1) is 0 Å². The van der Waals surface area contributed by atoms with Crippen molar-refractivity contribution in [1.29, 1.82) is 0 Å². The number of rotatable bonds is 7. The molecule has 3 rings (SSSR count). The quantitative estimate of drug-likeness (QED) is 0.530. The lowest BCUT2D eigenvalue weighted by Crippen LogP contribution is -2.07. The summed E-state index contributed by atoms with van der Waals surface area (Å²) in [5.41, 5.74) is 3.14. The van der Waals surface area contributed by atoms with Crippen LogP contribution in [0.3, 0.4) is 0 Å². The van der Waals surface area contributed by atoms with Gasteiger partial charge in [-0.05, 0) is 24.8 Å². The van der Waals surface area contributed by atoms with Crippen LogP contribution < -0.4 is 5.32 Å². The molecule has 0 unspecified atom stereocenters. The normalized spacial score (nSPS) is 10.8. The fourth-order valence-corrected chi connectivity index (χ4v) is 2.58. The van der Waals surface area contributed by atoms with Gasteiger partial charge in [0.2, 0.25) is 0 Å². The minimum absolute atomic E-state index is 0.411. The van der Waals surface area contributed by atoms with Crippen LogP contribution in [-0.4, -0.2) is 27.8 Å². The van der Waals surface area contributed by atoms with Crippen molar-refractivity contribution in [3.63, 3.8) is 0 Å². The van der Waals surface area contributed by atoms with Crippen LogP contribution in [0.2, 0.25) is 0 Å². The van der Waals surface area contributed by atoms with E-state index in [4.69, 9.17) is 0 Å². The van der Waals surface area contributed by atoms with E-state index in [2.05, 4.69) is 62.8 Å². The molecule has 1 aromatic carbocycles. The molecule has 1 N–H and O–H groups in total. The molecule has 5 nitrogen and oxygen atoms in total. The minimum Gasteiger partial charge on any atom is -0.368 e. The summed E-state index contributed by atoms with van der Waals surface area (Å²) in [7, 11) is 0. The van der Waals surface area contributed by atoms with Gasteiger partial charge in [0, 0.05) is 19.3 Å². The summed E-state index contributed by atoms with van der Waals surface area (Å²) in [5, 5.41) is 3.42. The van der Waals surface area contributed by atoms with Gasteiger partial charge in [0.25, 0.3) is 5.95 Å². The Labute approximate surface area is 136 Å². The SMILES string of the molecule is C=Nc1nc(NCCCC)c2c(ccn2Cc2ccccc2)n1. The fraction of sp³-hybridized carbons (Fsp3) is 0.278. The van der Waals surface area contributed by atoms with Gasteiger partial charge in [-0.3, -0.25) is 0 Å². The monoisotopic (exact) mass is 307 g/mol. The number of aromatic nitrogens is 3. The lowest BCUT2D eigenvalue weighted by molar-refractivity contribution is 0.819. The van der Waals surface area contributed by atoms with Crippen molar-refractivity contribution in [2.75, 3.05) is 11.9 Å². The third kappa shape index (κ3) is 3.39. The van der Waals surface area contributed by atoms with E-state index in [-0.39, 0.29) is 0 Å². The van der Waals surface area contributed by atoms with Gasteiger partial charge in [-0.2, -0.15) is 4.98 Å². The van der Waals surface area contributed by atoms with E-state index >= 15 is 0 Å². The van der Waals surface area contributed by atoms with Crippen LogP contribution in [0.1, 0.15) is 25.3 Å². The molecule has 0 fully saturated rings. The Morgan fingerprint density at radius 1 is 1.17 bits per heavy atom. The number of fused-ring (bicyclic) bond motifs is 1. The maximum absolute atomic E-state index is 4.49. The first-order chi connectivity index (χ1) is 11.3. The lowest BCUT2D eigenvalue weighted by Gasteiger charge is -2.11. The van der Waals surface area contributed by atoms with E-state index in [1.807, 2.05) is 18.3 Å². The molecule has 0 bridgehead atoms. The van der Waals surface area contributed by atoms with Crippen molar-refractivity contribution in [2.24, 2.45) is 4.99 Å². The van der Waals surface area contributed by atoms with Crippen molar-refractivity contribution >= 4 is 29.5 Å². The molecule has 0 saturated carbocycles. The number of anilines is 1. The van der Waals surface area contributed by atoms with Gasteiger partial charge < -0.3 is 9.88 Å². The first-order valence-corrected chi connectivity index (χ1v) is 7.93. The molecule has 0 aliphatic rings. The first-order valence-electron chi connectivity index (χ1n) is 7.93. The van der Waals surface area contributed by atoms with E-state index in [1.54, 1.807) is 0 Å². The highest BCUT2D eigenvalue weighted by atomic mass is 15.1. The van der Waals surface area contributed by atoms with E-state index in [0.29, 0.717) is 5.95 Å². The molecular weight excluding hydrogens is 286 g/mol.